The molecule has 0 aliphatic heterocycles. The van der Waals surface area contributed by atoms with E-state index in [1.807, 2.05) is 0 Å². The van der Waals surface area contributed by atoms with Crippen LogP contribution in [0.15, 0.2) is 42.6 Å². The largest absolute Gasteiger partial charge is 0.504 e. The molecule has 5 nitrogen and oxygen atoms in total. The number of hydrogen-bond acceptors (Lipinski definition) is 5. The molecule has 1 aliphatic rings. The Morgan fingerprint density at radius 3 is 2.69 bits per heavy atom. The topological polar surface area (TPSA) is 78.3 Å². The molecule has 0 fully saturated rings. The number of fused-ring (bicyclic) bond motifs is 2. The van der Waals surface area contributed by atoms with Gasteiger partial charge in [-0.05, 0) is 42.7 Å². The predicted molar refractivity (Wildman–Crippen MR) is 113 cm³/mol. The van der Waals surface area contributed by atoms with E-state index in [9.17, 15) is 27.8 Å². The van der Waals surface area contributed by atoms with Crippen molar-refractivity contribution in [1.82, 2.24) is 9.97 Å². The lowest BCUT2D eigenvalue weighted by molar-refractivity contribution is -0.265. The van der Waals surface area contributed by atoms with Gasteiger partial charge in [0.25, 0.3) is 0 Å². The summed E-state index contributed by atoms with van der Waals surface area (Å²) < 4.78 is 56.9. The zero-order valence-corrected chi connectivity index (χ0v) is 17.3. The quantitative estimate of drug-likeness (QED) is 0.467. The van der Waals surface area contributed by atoms with E-state index >= 15 is 0 Å². The van der Waals surface area contributed by atoms with Crippen LogP contribution in [-0.2, 0) is 0 Å². The van der Waals surface area contributed by atoms with Crippen molar-refractivity contribution in [3.8, 4) is 5.75 Å². The number of nitrogens with one attached hydrogen (secondary N) is 1. The standard InChI is InChI=1S/C23H21F4N3O2/c1-3-5-13-10-22(32,23(25,26)27)21(14-8-9-16(24)20(31)19(13)14)30-18-7-4-6-17-15(18)11-28-12(2)29-17/h4-9,11,21,30-32H,3,10H2,1-2H3/b13-5+/t21-,22-/m0/s1. The number of phenols is 1. The van der Waals surface area contributed by atoms with E-state index in [0.29, 0.717) is 23.1 Å². The van der Waals surface area contributed by atoms with Gasteiger partial charge in [0.15, 0.2) is 17.2 Å². The molecular formula is C23H21F4N3O2. The summed E-state index contributed by atoms with van der Waals surface area (Å²) in [5, 5.41) is 24.6. The second kappa shape index (κ2) is 7.74. The lowest BCUT2D eigenvalue weighted by atomic mass is 9.72. The maximum atomic E-state index is 14.3. The molecule has 1 aromatic heterocycles. The highest BCUT2D eigenvalue weighted by Crippen LogP contribution is 2.54. The molecule has 0 unspecified atom stereocenters. The number of aryl methyl sites for hydroxylation is 1. The molecule has 0 bridgehead atoms. The number of anilines is 1. The molecule has 1 aliphatic carbocycles. The minimum Gasteiger partial charge on any atom is -0.504 e. The zero-order chi connectivity index (χ0) is 23.3. The van der Waals surface area contributed by atoms with Gasteiger partial charge in [-0.3, -0.25) is 0 Å². The van der Waals surface area contributed by atoms with E-state index in [1.165, 1.54) is 12.3 Å². The summed E-state index contributed by atoms with van der Waals surface area (Å²) in [7, 11) is 0. The number of rotatable bonds is 3. The fraction of sp³-hybridized carbons (Fsp3) is 0.304. The van der Waals surface area contributed by atoms with Crippen LogP contribution in [0.5, 0.6) is 5.75 Å². The predicted octanol–water partition coefficient (Wildman–Crippen LogP) is 5.43. The van der Waals surface area contributed by atoms with Crippen LogP contribution in [0.1, 0.15) is 42.8 Å². The van der Waals surface area contributed by atoms with Crippen molar-refractivity contribution in [3.05, 3.63) is 65.4 Å². The molecule has 2 atom stereocenters. The van der Waals surface area contributed by atoms with Gasteiger partial charge in [-0.15, -0.1) is 0 Å². The third-order valence-electron chi connectivity index (χ3n) is 5.72. The number of benzene rings is 2. The van der Waals surface area contributed by atoms with Gasteiger partial charge >= 0.3 is 6.18 Å². The average Bonchev–Trinajstić information content (AvgIpc) is 2.72. The highest BCUT2D eigenvalue weighted by Gasteiger charge is 2.62. The molecule has 0 amide bonds. The Bertz CT molecular complexity index is 1230. The number of allylic oxidation sites excluding steroid dienone is 1. The van der Waals surface area contributed by atoms with Crippen LogP contribution >= 0.6 is 0 Å². The first kappa shape index (κ1) is 22.0. The highest BCUT2D eigenvalue weighted by molar-refractivity contribution is 5.91. The Morgan fingerprint density at radius 1 is 1.25 bits per heavy atom. The van der Waals surface area contributed by atoms with E-state index in [4.69, 9.17) is 0 Å². The number of alkyl halides is 3. The molecule has 9 heteroatoms. The summed E-state index contributed by atoms with van der Waals surface area (Å²) in [5.41, 5.74) is -2.48. The van der Waals surface area contributed by atoms with Gasteiger partial charge in [0, 0.05) is 29.3 Å². The molecule has 3 N–H and O–H groups in total. The van der Waals surface area contributed by atoms with Crippen LogP contribution < -0.4 is 5.32 Å². The Kier molecular flexibility index (Phi) is 5.32. The molecule has 0 saturated carbocycles. The first-order chi connectivity index (χ1) is 15.1. The van der Waals surface area contributed by atoms with Crippen molar-refractivity contribution >= 4 is 22.2 Å². The summed E-state index contributed by atoms with van der Waals surface area (Å²) in [5.74, 6) is -1.19. The molecule has 3 aromatic rings. The molecule has 32 heavy (non-hydrogen) atoms. The summed E-state index contributed by atoms with van der Waals surface area (Å²) in [6.45, 7) is 3.40. The lowest BCUT2D eigenvalue weighted by Crippen LogP contribution is -2.54. The van der Waals surface area contributed by atoms with Crippen molar-refractivity contribution < 1.29 is 27.8 Å². The van der Waals surface area contributed by atoms with E-state index < -0.39 is 35.8 Å². The number of aliphatic hydroxyl groups is 1. The van der Waals surface area contributed by atoms with Gasteiger partial charge in [0.2, 0.25) is 0 Å². The van der Waals surface area contributed by atoms with Gasteiger partial charge in [-0.1, -0.05) is 25.1 Å². The SMILES string of the molecule is CC/C=C1\C[C@@](O)(C(F)(F)F)[C@@H](Nc2cccc3nc(C)ncc23)c2ccc(F)c(O)c21. The number of halogens is 4. The molecule has 168 valence electrons. The molecule has 1 heterocycles. The molecule has 0 spiro atoms. The number of hydrogen-bond donors (Lipinski definition) is 3. The monoisotopic (exact) mass is 447 g/mol. The Hall–Kier alpha value is -3.20. The average molecular weight is 447 g/mol. The summed E-state index contributed by atoms with van der Waals surface area (Å²) in [6.07, 6.45) is -2.57. The second-order valence-corrected chi connectivity index (χ2v) is 7.83. The third-order valence-corrected chi connectivity index (χ3v) is 5.72. The van der Waals surface area contributed by atoms with Crippen molar-refractivity contribution in [3.63, 3.8) is 0 Å². The van der Waals surface area contributed by atoms with E-state index in [0.717, 1.165) is 12.1 Å². The molecule has 0 radical (unpaired) electrons. The highest BCUT2D eigenvalue weighted by atomic mass is 19.4. The van der Waals surface area contributed by atoms with Crippen molar-refractivity contribution in [2.75, 3.05) is 5.32 Å². The van der Waals surface area contributed by atoms with E-state index in [2.05, 4.69) is 15.3 Å². The molecule has 0 saturated heterocycles. The van der Waals surface area contributed by atoms with Gasteiger partial charge in [0.05, 0.1) is 11.6 Å². The minimum atomic E-state index is -5.02. The number of aromatic nitrogens is 2. The summed E-state index contributed by atoms with van der Waals surface area (Å²) >= 11 is 0. The summed E-state index contributed by atoms with van der Waals surface area (Å²) in [4.78, 5) is 8.40. The maximum absolute atomic E-state index is 14.3. The van der Waals surface area contributed by atoms with Gasteiger partial charge in [-0.25, -0.2) is 14.4 Å². The van der Waals surface area contributed by atoms with Crippen molar-refractivity contribution in [2.45, 2.75) is 44.5 Å². The number of aromatic hydroxyl groups is 1. The Morgan fingerprint density at radius 2 is 2.00 bits per heavy atom. The lowest BCUT2D eigenvalue weighted by Gasteiger charge is -2.44. The maximum Gasteiger partial charge on any atom is 0.419 e. The normalized spacial score (nSPS) is 22.2. The summed E-state index contributed by atoms with van der Waals surface area (Å²) in [6, 6.07) is 5.21. The van der Waals surface area contributed by atoms with Gasteiger partial charge in [-0.2, -0.15) is 13.2 Å². The van der Waals surface area contributed by atoms with Gasteiger partial charge in [0.1, 0.15) is 5.82 Å². The van der Waals surface area contributed by atoms with Crippen LogP contribution in [0.3, 0.4) is 0 Å². The fourth-order valence-electron chi connectivity index (χ4n) is 4.21. The molecular weight excluding hydrogens is 426 g/mol. The number of nitrogens with zero attached hydrogens (tertiary/aromatic N) is 2. The van der Waals surface area contributed by atoms with Crippen molar-refractivity contribution in [2.24, 2.45) is 0 Å². The minimum absolute atomic E-state index is 0.0363. The zero-order valence-electron chi connectivity index (χ0n) is 17.3. The van der Waals surface area contributed by atoms with E-state index in [1.54, 1.807) is 32.0 Å². The van der Waals surface area contributed by atoms with Crippen LogP contribution in [0.25, 0.3) is 16.5 Å². The molecule has 4 rings (SSSR count). The van der Waals surface area contributed by atoms with Gasteiger partial charge < -0.3 is 15.5 Å². The first-order valence-corrected chi connectivity index (χ1v) is 10.1. The van der Waals surface area contributed by atoms with Crippen LogP contribution in [0.2, 0.25) is 0 Å². The Balaban J connectivity index is 1.95. The smallest absolute Gasteiger partial charge is 0.419 e. The Labute approximate surface area is 181 Å². The fourth-order valence-corrected chi connectivity index (χ4v) is 4.21. The van der Waals surface area contributed by atoms with Crippen LogP contribution in [0.4, 0.5) is 23.2 Å². The first-order valence-electron chi connectivity index (χ1n) is 10.1. The second-order valence-electron chi connectivity index (χ2n) is 7.83. The third kappa shape index (κ3) is 3.46. The van der Waals surface area contributed by atoms with Crippen LogP contribution in [-0.4, -0.2) is 32.0 Å². The number of phenolic OH excluding ortho intramolecular Hbond substituents is 1. The van der Waals surface area contributed by atoms with E-state index in [-0.39, 0.29) is 22.4 Å². The molecule has 2 aromatic carbocycles. The van der Waals surface area contributed by atoms with Crippen LogP contribution in [0, 0.1) is 12.7 Å². The van der Waals surface area contributed by atoms with Crippen molar-refractivity contribution in [1.29, 1.82) is 0 Å².